The van der Waals surface area contributed by atoms with Gasteiger partial charge in [0.25, 0.3) is 0 Å². The molecule has 0 aromatic carbocycles. The van der Waals surface area contributed by atoms with Gasteiger partial charge in [-0.1, -0.05) is 0 Å². The molecule has 1 N–H and O–H groups in total. The molecular formula is C6H12N2O. The van der Waals surface area contributed by atoms with Gasteiger partial charge in [-0.05, 0) is 6.92 Å². The van der Waals surface area contributed by atoms with Crippen molar-refractivity contribution >= 4 is 0 Å². The molecule has 3 nitrogen and oxygen atoms in total. The van der Waals surface area contributed by atoms with Crippen molar-refractivity contribution in [3.05, 3.63) is 0 Å². The first-order chi connectivity index (χ1) is 4.31. The number of hydrogen-bond donors (Lipinski definition) is 1. The van der Waals surface area contributed by atoms with Crippen LogP contribution in [0, 0.1) is 0 Å². The van der Waals surface area contributed by atoms with E-state index in [1.54, 1.807) is 0 Å². The zero-order chi connectivity index (χ0) is 6.32. The van der Waals surface area contributed by atoms with Gasteiger partial charge in [-0.3, -0.25) is 4.90 Å². The first-order valence-corrected chi connectivity index (χ1v) is 3.35. The van der Waals surface area contributed by atoms with Crippen LogP contribution in [0.5, 0.6) is 0 Å². The summed E-state index contributed by atoms with van der Waals surface area (Å²) in [7, 11) is 0. The minimum absolute atomic E-state index is 0.306. The van der Waals surface area contributed by atoms with Gasteiger partial charge >= 0.3 is 0 Å². The van der Waals surface area contributed by atoms with E-state index in [1.807, 2.05) is 0 Å². The fourth-order valence-corrected chi connectivity index (χ4v) is 1.48. The number of nitrogens with one attached hydrogen (secondary N) is 1. The Balaban J connectivity index is 2.17. The SMILES string of the molecule is CC12CNCN1COC2. The number of nitrogens with zero attached hydrogens (tertiary/aromatic N) is 1. The standard InChI is InChI=1S/C6H12N2O/c1-6-2-7-4-8(6)5-9-3-6/h7H,2-5H2,1H3. The molecule has 1 unspecified atom stereocenters. The lowest BCUT2D eigenvalue weighted by molar-refractivity contribution is 0.139. The second kappa shape index (κ2) is 1.68. The Kier molecular flexibility index (Phi) is 1.06. The summed E-state index contributed by atoms with van der Waals surface area (Å²) in [5.74, 6) is 0. The third-order valence-corrected chi connectivity index (χ3v) is 2.23. The molecule has 52 valence electrons. The zero-order valence-corrected chi connectivity index (χ0v) is 5.68. The van der Waals surface area contributed by atoms with Crippen LogP contribution in [0.2, 0.25) is 0 Å². The van der Waals surface area contributed by atoms with E-state index in [9.17, 15) is 0 Å². The lowest BCUT2D eigenvalue weighted by atomic mass is 10.1. The monoisotopic (exact) mass is 128 g/mol. The smallest absolute Gasteiger partial charge is 0.101 e. The Bertz CT molecular complexity index is 116. The molecule has 9 heavy (non-hydrogen) atoms. The Morgan fingerprint density at radius 2 is 2.56 bits per heavy atom. The summed E-state index contributed by atoms with van der Waals surface area (Å²) in [6.07, 6.45) is 0. The number of fused-ring (bicyclic) bond motifs is 1. The predicted octanol–water partition coefficient (Wildman–Crippen LogP) is -0.405. The molecule has 0 radical (unpaired) electrons. The fourth-order valence-electron chi connectivity index (χ4n) is 1.48. The number of hydrogen-bond acceptors (Lipinski definition) is 3. The highest BCUT2D eigenvalue weighted by atomic mass is 16.5. The van der Waals surface area contributed by atoms with Gasteiger partial charge in [-0.15, -0.1) is 0 Å². The molecule has 2 rings (SSSR count). The summed E-state index contributed by atoms with van der Waals surface area (Å²) in [6.45, 7) is 6.01. The molecule has 0 bridgehead atoms. The summed E-state index contributed by atoms with van der Waals surface area (Å²) < 4.78 is 5.30. The van der Waals surface area contributed by atoms with Gasteiger partial charge in [0.2, 0.25) is 0 Å². The van der Waals surface area contributed by atoms with Crippen LogP contribution in [-0.2, 0) is 4.74 Å². The third kappa shape index (κ3) is 0.689. The van der Waals surface area contributed by atoms with Gasteiger partial charge in [0.1, 0.15) is 6.73 Å². The summed E-state index contributed by atoms with van der Waals surface area (Å²) >= 11 is 0. The molecular weight excluding hydrogens is 116 g/mol. The van der Waals surface area contributed by atoms with Crippen LogP contribution in [0.15, 0.2) is 0 Å². The van der Waals surface area contributed by atoms with Crippen molar-refractivity contribution in [2.45, 2.75) is 12.5 Å². The summed E-state index contributed by atoms with van der Waals surface area (Å²) in [5.41, 5.74) is 0.306. The Labute approximate surface area is 55.0 Å². The van der Waals surface area contributed by atoms with Gasteiger partial charge in [0.05, 0.1) is 18.8 Å². The van der Waals surface area contributed by atoms with E-state index in [0.717, 1.165) is 26.6 Å². The third-order valence-electron chi connectivity index (χ3n) is 2.23. The van der Waals surface area contributed by atoms with Crippen LogP contribution in [0.1, 0.15) is 6.92 Å². The molecule has 0 amide bonds. The molecule has 2 aliphatic heterocycles. The summed E-state index contributed by atoms with van der Waals surface area (Å²) in [4.78, 5) is 2.33. The molecule has 2 aliphatic rings. The van der Waals surface area contributed by atoms with E-state index in [-0.39, 0.29) is 0 Å². The minimum atomic E-state index is 0.306. The van der Waals surface area contributed by atoms with Gasteiger partial charge in [-0.2, -0.15) is 0 Å². The van der Waals surface area contributed by atoms with Crippen molar-refractivity contribution in [1.82, 2.24) is 10.2 Å². The highest BCUT2D eigenvalue weighted by Gasteiger charge is 2.40. The van der Waals surface area contributed by atoms with Crippen molar-refractivity contribution in [3.63, 3.8) is 0 Å². The lowest BCUT2D eigenvalue weighted by Gasteiger charge is -2.21. The van der Waals surface area contributed by atoms with Crippen molar-refractivity contribution in [2.75, 3.05) is 26.6 Å². The first kappa shape index (κ1) is 5.65. The van der Waals surface area contributed by atoms with Gasteiger partial charge in [-0.25, -0.2) is 0 Å². The number of ether oxygens (including phenoxy) is 1. The van der Waals surface area contributed by atoms with E-state index >= 15 is 0 Å². The van der Waals surface area contributed by atoms with E-state index < -0.39 is 0 Å². The van der Waals surface area contributed by atoms with Crippen molar-refractivity contribution < 1.29 is 4.74 Å². The topological polar surface area (TPSA) is 24.5 Å². The molecule has 2 heterocycles. The van der Waals surface area contributed by atoms with E-state index in [2.05, 4.69) is 17.1 Å². The van der Waals surface area contributed by atoms with Crippen LogP contribution < -0.4 is 5.32 Å². The molecule has 3 heteroatoms. The van der Waals surface area contributed by atoms with Gasteiger partial charge in [0.15, 0.2) is 0 Å². The van der Waals surface area contributed by atoms with Crippen molar-refractivity contribution in [1.29, 1.82) is 0 Å². The second-order valence-corrected chi connectivity index (χ2v) is 3.10. The molecule has 1 atom stereocenters. The average Bonchev–Trinajstić information content (AvgIpc) is 2.22. The van der Waals surface area contributed by atoms with Gasteiger partial charge in [0, 0.05) is 6.54 Å². The highest BCUT2D eigenvalue weighted by molar-refractivity contribution is 4.94. The van der Waals surface area contributed by atoms with Crippen LogP contribution in [0.4, 0.5) is 0 Å². The first-order valence-electron chi connectivity index (χ1n) is 3.35. The number of rotatable bonds is 0. The molecule has 2 saturated heterocycles. The normalized spacial score (nSPS) is 43.7. The van der Waals surface area contributed by atoms with Crippen LogP contribution in [0.25, 0.3) is 0 Å². The summed E-state index contributed by atoms with van der Waals surface area (Å²) in [5, 5.41) is 3.31. The second-order valence-electron chi connectivity index (χ2n) is 3.10. The zero-order valence-electron chi connectivity index (χ0n) is 5.68. The Morgan fingerprint density at radius 1 is 1.67 bits per heavy atom. The molecule has 0 aliphatic carbocycles. The van der Waals surface area contributed by atoms with E-state index in [0.29, 0.717) is 5.54 Å². The van der Waals surface area contributed by atoms with Gasteiger partial charge < -0.3 is 10.1 Å². The molecule has 0 aromatic heterocycles. The Morgan fingerprint density at radius 3 is 3.33 bits per heavy atom. The van der Waals surface area contributed by atoms with Crippen molar-refractivity contribution in [3.8, 4) is 0 Å². The highest BCUT2D eigenvalue weighted by Crippen LogP contribution is 2.23. The fraction of sp³-hybridized carbons (Fsp3) is 1.00. The van der Waals surface area contributed by atoms with Crippen LogP contribution in [-0.4, -0.2) is 37.0 Å². The maximum atomic E-state index is 5.30. The maximum Gasteiger partial charge on any atom is 0.101 e. The quantitative estimate of drug-likeness (QED) is 0.480. The van der Waals surface area contributed by atoms with E-state index in [4.69, 9.17) is 4.74 Å². The van der Waals surface area contributed by atoms with E-state index in [1.165, 1.54) is 0 Å². The summed E-state index contributed by atoms with van der Waals surface area (Å²) in [6, 6.07) is 0. The lowest BCUT2D eigenvalue weighted by Crippen LogP contribution is -2.39. The Hall–Kier alpha value is -0.120. The van der Waals surface area contributed by atoms with Crippen LogP contribution in [0.3, 0.4) is 0 Å². The minimum Gasteiger partial charge on any atom is -0.364 e. The largest absolute Gasteiger partial charge is 0.364 e. The maximum absolute atomic E-state index is 5.30. The molecule has 0 aromatic rings. The van der Waals surface area contributed by atoms with Crippen LogP contribution >= 0.6 is 0 Å². The molecule has 0 saturated carbocycles. The molecule has 0 spiro atoms. The average molecular weight is 128 g/mol. The predicted molar refractivity (Wildman–Crippen MR) is 33.9 cm³/mol. The van der Waals surface area contributed by atoms with Crippen molar-refractivity contribution in [2.24, 2.45) is 0 Å². The molecule has 2 fully saturated rings.